The van der Waals surface area contributed by atoms with Crippen LogP contribution >= 0.6 is 23.2 Å². The van der Waals surface area contributed by atoms with Gasteiger partial charge in [-0.15, -0.1) is 0 Å². The second kappa shape index (κ2) is 9.19. The molecule has 1 saturated heterocycles. The molecule has 0 spiro atoms. The maximum Gasteiger partial charge on any atom is 0.329 e. The summed E-state index contributed by atoms with van der Waals surface area (Å²) in [6, 6.07) is 3.40. The second-order valence-electron chi connectivity index (χ2n) is 6.47. The maximum absolute atomic E-state index is 12.4. The summed E-state index contributed by atoms with van der Waals surface area (Å²) in [4.78, 5) is 49.4. The van der Waals surface area contributed by atoms with Crippen molar-refractivity contribution in [3.8, 4) is 0 Å². The number of rotatable bonds is 6. The van der Waals surface area contributed by atoms with E-state index in [0.717, 1.165) is 4.90 Å². The molecule has 0 bridgehead atoms. The van der Waals surface area contributed by atoms with Crippen molar-refractivity contribution in [2.75, 3.05) is 13.2 Å². The van der Waals surface area contributed by atoms with Gasteiger partial charge in [0.2, 0.25) is 5.91 Å². The second-order valence-corrected chi connectivity index (χ2v) is 7.31. The standard InChI is InChI=1S/C18H20Cl2N2O5/c1-10(2)16(21-17(25)12-6-5-11(19)8-13(12)20)18(26)27-9-15(24)22-7-3-4-14(22)23/h5-6,8,10,16H,3-4,7,9H2,1-2H3,(H,21,25)/t16-/m0/s1. The van der Waals surface area contributed by atoms with E-state index >= 15 is 0 Å². The van der Waals surface area contributed by atoms with Crippen molar-refractivity contribution in [1.82, 2.24) is 10.2 Å². The summed E-state index contributed by atoms with van der Waals surface area (Å²) in [5.74, 6) is -2.46. The van der Waals surface area contributed by atoms with Gasteiger partial charge >= 0.3 is 5.97 Å². The number of benzene rings is 1. The first kappa shape index (κ1) is 21.2. The molecule has 0 saturated carbocycles. The quantitative estimate of drug-likeness (QED) is 0.721. The number of carbonyl (C=O) groups is 4. The molecule has 7 nitrogen and oxygen atoms in total. The van der Waals surface area contributed by atoms with Gasteiger partial charge in [0, 0.05) is 18.0 Å². The van der Waals surface area contributed by atoms with E-state index in [4.69, 9.17) is 27.9 Å². The largest absolute Gasteiger partial charge is 0.454 e. The summed E-state index contributed by atoms with van der Waals surface area (Å²) >= 11 is 11.8. The van der Waals surface area contributed by atoms with Crippen molar-refractivity contribution in [2.45, 2.75) is 32.7 Å². The first-order chi connectivity index (χ1) is 12.7. The van der Waals surface area contributed by atoms with Crippen LogP contribution in [0.3, 0.4) is 0 Å². The fourth-order valence-corrected chi connectivity index (χ4v) is 3.10. The number of imide groups is 1. The molecule has 146 valence electrons. The highest BCUT2D eigenvalue weighted by Crippen LogP contribution is 2.21. The Hall–Kier alpha value is -2.12. The molecular formula is C18H20Cl2N2O5. The normalized spacial score (nSPS) is 15.0. The maximum atomic E-state index is 12.4. The summed E-state index contributed by atoms with van der Waals surface area (Å²) < 4.78 is 5.02. The highest BCUT2D eigenvalue weighted by molar-refractivity contribution is 6.36. The predicted octanol–water partition coefficient (Wildman–Crippen LogP) is 2.44. The van der Waals surface area contributed by atoms with Gasteiger partial charge in [-0.25, -0.2) is 4.79 Å². The van der Waals surface area contributed by atoms with E-state index in [1.54, 1.807) is 13.8 Å². The zero-order valence-electron chi connectivity index (χ0n) is 15.0. The summed E-state index contributed by atoms with van der Waals surface area (Å²) in [6.45, 7) is 3.23. The first-order valence-electron chi connectivity index (χ1n) is 8.46. The van der Waals surface area contributed by atoms with Crippen molar-refractivity contribution in [3.63, 3.8) is 0 Å². The monoisotopic (exact) mass is 414 g/mol. The van der Waals surface area contributed by atoms with Crippen molar-refractivity contribution in [1.29, 1.82) is 0 Å². The topological polar surface area (TPSA) is 92.8 Å². The number of hydrogen-bond donors (Lipinski definition) is 1. The highest BCUT2D eigenvalue weighted by Gasteiger charge is 2.30. The van der Waals surface area contributed by atoms with Crippen LogP contribution in [0.1, 0.15) is 37.0 Å². The Morgan fingerprint density at radius 1 is 1.26 bits per heavy atom. The van der Waals surface area contributed by atoms with Crippen molar-refractivity contribution in [2.24, 2.45) is 5.92 Å². The molecule has 3 amide bonds. The van der Waals surface area contributed by atoms with Gasteiger partial charge in [0.15, 0.2) is 6.61 Å². The van der Waals surface area contributed by atoms with Gasteiger partial charge in [-0.2, -0.15) is 0 Å². The minimum atomic E-state index is -0.980. The Bertz CT molecular complexity index is 766. The molecule has 1 aliphatic rings. The molecule has 1 fully saturated rings. The molecule has 27 heavy (non-hydrogen) atoms. The van der Waals surface area contributed by atoms with Crippen LogP contribution in [0.4, 0.5) is 0 Å². The van der Waals surface area contributed by atoms with Crippen LogP contribution in [0.25, 0.3) is 0 Å². The van der Waals surface area contributed by atoms with E-state index in [1.807, 2.05) is 0 Å². The highest BCUT2D eigenvalue weighted by atomic mass is 35.5. The number of likely N-dealkylation sites (tertiary alicyclic amines) is 1. The number of nitrogens with zero attached hydrogens (tertiary/aromatic N) is 1. The van der Waals surface area contributed by atoms with Crippen LogP contribution in [0.2, 0.25) is 10.0 Å². The predicted molar refractivity (Wildman–Crippen MR) is 99.5 cm³/mol. The van der Waals surface area contributed by atoms with Crippen LogP contribution in [0.15, 0.2) is 18.2 Å². The van der Waals surface area contributed by atoms with Crippen LogP contribution < -0.4 is 5.32 Å². The van der Waals surface area contributed by atoms with Gasteiger partial charge in [0.1, 0.15) is 6.04 Å². The number of halogens is 2. The molecule has 1 N–H and O–H groups in total. The number of hydrogen-bond acceptors (Lipinski definition) is 5. The summed E-state index contributed by atoms with van der Waals surface area (Å²) in [5, 5.41) is 3.09. The van der Waals surface area contributed by atoms with Crippen LogP contribution in [-0.2, 0) is 19.1 Å². The zero-order valence-corrected chi connectivity index (χ0v) is 16.5. The van der Waals surface area contributed by atoms with Crippen molar-refractivity contribution in [3.05, 3.63) is 33.8 Å². The first-order valence-corrected chi connectivity index (χ1v) is 9.22. The van der Waals surface area contributed by atoms with E-state index in [0.29, 0.717) is 24.4 Å². The average molecular weight is 415 g/mol. The van der Waals surface area contributed by atoms with Gasteiger partial charge < -0.3 is 10.1 Å². The molecule has 1 aliphatic heterocycles. The van der Waals surface area contributed by atoms with Crippen LogP contribution in [0, 0.1) is 5.92 Å². The SMILES string of the molecule is CC(C)[C@H](NC(=O)c1ccc(Cl)cc1Cl)C(=O)OCC(=O)N1CCCC1=O. The van der Waals surface area contributed by atoms with Gasteiger partial charge in [-0.05, 0) is 30.5 Å². The number of esters is 1. The van der Waals surface area contributed by atoms with Crippen molar-refractivity contribution < 1.29 is 23.9 Å². The van der Waals surface area contributed by atoms with E-state index in [1.165, 1.54) is 18.2 Å². The van der Waals surface area contributed by atoms with Gasteiger partial charge in [0.25, 0.3) is 11.8 Å². The molecule has 1 aromatic carbocycles. The van der Waals surface area contributed by atoms with Gasteiger partial charge in [-0.3, -0.25) is 19.3 Å². The summed E-state index contributed by atoms with van der Waals surface area (Å²) in [7, 11) is 0. The van der Waals surface area contributed by atoms with Gasteiger partial charge in [0.05, 0.1) is 10.6 Å². The lowest BCUT2D eigenvalue weighted by molar-refractivity contribution is -0.156. The van der Waals surface area contributed by atoms with Crippen LogP contribution in [0.5, 0.6) is 0 Å². The summed E-state index contributed by atoms with van der Waals surface area (Å²) in [6.07, 6.45) is 0.914. The molecule has 9 heteroatoms. The van der Waals surface area contributed by atoms with Crippen LogP contribution in [-0.4, -0.2) is 47.8 Å². The van der Waals surface area contributed by atoms with Gasteiger partial charge in [-0.1, -0.05) is 37.0 Å². The molecule has 0 unspecified atom stereocenters. The Balaban J connectivity index is 1.99. The molecule has 1 aromatic rings. The molecule has 1 atom stereocenters. The molecular weight excluding hydrogens is 395 g/mol. The molecule has 0 aromatic heterocycles. The third kappa shape index (κ3) is 5.43. The third-order valence-corrected chi connectivity index (χ3v) is 4.64. The van der Waals surface area contributed by atoms with E-state index in [-0.39, 0.29) is 22.4 Å². The molecule has 1 heterocycles. The number of nitrogens with one attached hydrogen (secondary N) is 1. The molecule has 0 radical (unpaired) electrons. The van der Waals surface area contributed by atoms with Crippen molar-refractivity contribution >= 4 is 46.9 Å². The smallest absolute Gasteiger partial charge is 0.329 e. The average Bonchev–Trinajstić information content (AvgIpc) is 3.02. The van der Waals surface area contributed by atoms with E-state index in [2.05, 4.69) is 5.32 Å². The molecule has 0 aliphatic carbocycles. The Morgan fingerprint density at radius 2 is 1.96 bits per heavy atom. The fourth-order valence-electron chi connectivity index (χ4n) is 2.60. The zero-order chi connectivity index (χ0) is 20.1. The van der Waals surface area contributed by atoms with E-state index < -0.39 is 30.4 Å². The Kier molecular flexibility index (Phi) is 7.21. The Morgan fingerprint density at radius 3 is 2.52 bits per heavy atom. The lowest BCUT2D eigenvalue weighted by Gasteiger charge is -2.21. The molecule has 2 rings (SSSR count). The number of amides is 3. The number of carbonyl (C=O) groups excluding carboxylic acids is 4. The summed E-state index contributed by atoms with van der Waals surface area (Å²) in [5.41, 5.74) is 0.165. The van der Waals surface area contributed by atoms with E-state index in [9.17, 15) is 19.2 Å². The number of ether oxygens (including phenoxy) is 1. The fraction of sp³-hybridized carbons (Fsp3) is 0.444. The lowest BCUT2D eigenvalue weighted by Crippen LogP contribution is -2.46. The third-order valence-electron chi connectivity index (χ3n) is 4.10. The minimum Gasteiger partial charge on any atom is -0.454 e. The lowest BCUT2D eigenvalue weighted by atomic mass is 10.0. The Labute approximate surface area is 166 Å². The minimum absolute atomic E-state index is 0.151.